The van der Waals surface area contributed by atoms with E-state index in [1.54, 1.807) is 11.1 Å². The molecule has 1 saturated heterocycles. The van der Waals surface area contributed by atoms with Crippen molar-refractivity contribution in [2.45, 2.75) is 89.9 Å². The van der Waals surface area contributed by atoms with Gasteiger partial charge in [-0.15, -0.1) is 6.42 Å². The Morgan fingerprint density at radius 2 is 1.71 bits per heavy atom. The first-order chi connectivity index (χ1) is 16.2. The maximum absolute atomic E-state index is 11.1. The number of allylic oxidation sites excluding steroid dienone is 2. The van der Waals surface area contributed by atoms with Gasteiger partial charge in [0.15, 0.2) is 5.79 Å². The molecule has 1 spiro atoms. The fraction of sp³-hybridized carbons (Fsp3) is 0.677. The second-order valence-corrected chi connectivity index (χ2v) is 12.9. The van der Waals surface area contributed by atoms with Crippen molar-refractivity contribution in [1.29, 1.82) is 0 Å². The van der Waals surface area contributed by atoms with Crippen LogP contribution in [0, 0.1) is 40.9 Å². The topological polar surface area (TPSA) is 38.7 Å². The minimum absolute atomic E-state index is 0.00802. The maximum Gasteiger partial charge on any atom is 0.169 e. The average Bonchev–Trinajstić information content (AvgIpc) is 3.14. The van der Waals surface area contributed by atoms with E-state index in [4.69, 9.17) is 15.9 Å². The van der Waals surface area contributed by atoms with E-state index in [0.717, 1.165) is 57.3 Å². The number of fused-ring (bicyclic) bond motifs is 4. The summed E-state index contributed by atoms with van der Waals surface area (Å²) in [5.74, 6) is 4.53. The number of terminal acetylenes is 1. The second kappa shape index (κ2) is 7.95. The molecule has 3 heteroatoms. The van der Waals surface area contributed by atoms with E-state index in [1.807, 2.05) is 0 Å². The zero-order valence-electron chi connectivity index (χ0n) is 21.1. The first kappa shape index (κ1) is 22.8. The lowest BCUT2D eigenvalue weighted by molar-refractivity contribution is -0.312. The molecule has 3 nitrogen and oxygen atoms in total. The Labute approximate surface area is 205 Å². The van der Waals surface area contributed by atoms with E-state index in [1.165, 1.54) is 18.4 Å². The van der Waals surface area contributed by atoms with Gasteiger partial charge >= 0.3 is 0 Å². The van der Waals surface area contributed by atoms with Crippen LogP contribution in [0.5, 0.6) is 0 Å². The quantitative estimate of drug-likeness (QED) is 0.400. The van der Waals surface area contributed by atoms with Gasteiger partial charge in [-0.2, -0.15) is 0 Å². The molecule has 0 aromatic heterocycles. The van der Waals surface area contributed by atoms with Crippen LogP contribution in [0.25, 0.3) is 0 Å². The standard InChI is InChI=1S/C31H40O3/c1-5-20-6-8-21(9-7-20)25-17-30(4)26(12-13-27(30)32)24-11-10-22-16-31(15-14-23(22)28(24)25)33-18-29(2,3)19-34-31/h1,6-9,22,24-27,32H,10-19H2,2-4H3. The Morgan fingerprint density at radius 3 is 2.41 bits per heavy atom. The third-order valence-electron chi connectivity index (χ3n) is 10.2. The second-order valence-electron chi connectivity index (χ2n) is 12.9. The number of rotatable bonds is 1. The summed E-state index contributed by atoms with van der Waals surface area (Å²) in [5.41, 5.74) is 5.84. The Bertz CT molecular complexity index is 1020. The van der Waals surface area contributed by atoms with Gasteiger partial charge in [0.25, 0.3) is 0 Å². The van der Waals surface area contributed by atoms with Gasteiger partial charge in [-0.25, -0.2) is 0 Å². The summed E-state index contributed by atoms with van der Waals surface area (Å²) >= 11 is 0. The number of benzene rings is 1. The van der Waals surface area contributed by atoms with Crippen LogP contribution in [0.15, 0.2) is 35.4 Å². The minimum Gasteiger partial charge on any atom is -0.393 e. The Hall–Kier alpha value is -1.60. The predicted octanol–water partition coefficient (Wildman–Crippen LogP) is 6.21. The van der Waals surface area contributed by atoms with Crippen LogP contribution >= 0.6 is 0 Å². The number of ether oxygens (including phenoxy) is 2. The van der Waals surface area contributed by atoms with Crippen LogP contribution in [0.4, 0.5) is 0 Å². The summed E-state index contributed by atoms with van der Waals surface area (Å²) in [6.07, 6.45) is 14.1. The summed E-state index contributed by atoms with van der Waals surface area (Å²) in [5, 5.41) is 11.1. The van der Waals surface area contributed by atoms with E-state index in [2.05, 4.69) is 51.0 Å². The van der Waals surface area contributed by atoms with Crippen molar-refractivity contribution in [2.24, 2.45) is 28.6 Å². The molecule has 1 heterocycles. The molecule has 34 heavy (non-hydrogen) atoms. The SMILES string of the molecule is C#Cc1ccc(C2CC3(C)C(O)CCC3C3CCC4CC5(CCC4=C23)OCC(C)(C)CO5)cc1. The van der Waals surface area contributed by atoms with E-state index in [-0.39, 0.29) is 22.7 Å². The third-order valence-corrected chi connectivity index (χ3v) is 10.2. The molecule has 182 valence electrons. The molecular formula is C31H40O3. The van der Waals surface area contributed by atoms with Crippen LogP contribution in [0.2, 0.25) is 0 Å². The normalized spacial score (nSPS) is 40.3. The van der Waals surface area contributed by atoms with Crippen LogP contribution in [-0.4, -0.2) is 30.2 Å². The fourth-order valence-electron chi connectivity index (χ4n) is 8.31. The highest BCUT2D eigenvalue weighted by Crippen LogP contribution is 2.64. The van der Waals surface area contributed by atoms with Crippen molar-refractivity contribution < 1.29 is 14.6 Å². The van der Waals surface area contributed by atoms with Gasteiger partial charge in [-0.1, -0.05) is 50.0 Å². The van der Waals surface area contributed by atoms with Crippen molar-refractivity contribution in [2.75, 3.05) is 13.2 Å². The summed E-state index contributed by atoms with van der Waals surface area (Å²) in [6.45, 7) is 8.40. The number of aliphatic hydroxyl groups excluding tert-OH is 1. The highest BCUT2D eigenvalue weighted by Gasteiger charge is 2.57. The average molecular weight is 461 g/mol. The van der Waals surface area contributed by atoms with Crippen LogP contribution in [0.1, 0.15) is 89.2 Å². The molecule has 6 rings (SSSR count). The Kier molecular flexibility index (Phi) is 5.34. The zero-order valence-corrected chi connectivity index (χ0v) is 21.1. The number of hydrogen-bond acceptors (Lipinski definition) is 3. The van der Waals surface area contributed by atoms with E-state index < -0.39 is 0 Å². The highest BCUT2D eigenvalue weighted by atomic mass is 16.7. The molecule has 3 saturated carbocycles. The molecule has 6 unspecified atom stereocenters. The maximum atomic E-state index is 11.1. The molecule has 4 aliphatic carbocycles. The van der Waals surface area contributed by atoms with Crippen LogP contribution in [-0.2, 0) is 9.47 Å². The monoisotopic (exact) mass is 460 g/mol. The smallest absolute Gasteiger partial charge is 0.169 e. The van der Waals surface area contributed by atoms with Crippen molar-refractivity contribution in [3.8, 4) is 12.3 Å². The predicted molar refractivity (Wildman–Crippen MR) is 134 cm³/mol. The van der Waals surface area contributed by atoms with Crippen molar-refractivity contribution in [3.63, 3.8) is 0 Å². The largest absolute Gasteiger partial charge is 0.393 e. The third kappa shape index (κ3) is 3.52. The molecule has 4 fully saturated rings. The highest BCUT2D eigenvalue weighted by molar-refractivity contribution is 5.43. The van der Waals surface area contributed by atoms with Crippen LogP contribution < -0.4 is 0 Å². The summed E-state index contributed by atoms with van der Waals surface area (Å²) in [4.78, 5) is 0. The number of hydrogen-bond donors (Lipinski definition) is 1. The molecule has 0 amide bonds. The van der Waals surface area contributed by atoms with Crippen molar-refractivity contribution >= 4 is 0 Å². The summed E-state index contributed by atoms with van der Waals surface area (Å²) < 4.78 is 12.9. The Balaban J connectivity index is 1.38. The fourth-order valence-corrected chi connectivity index (χ4v) is 8.31. The molecular weight excluding hydrogens is 420 g/mol. The van der Waals surface area contributed by atoms with Gasteiger partial charge in [0, 0.05) is 29.7 Å². The van der Waals surface area contributed by atoms with E-state index >= 15 is 0 Å². The number of aliphatic hydroxyl groups is 1. The lowest BCUT2D eigenvalue weighted by Gasteiger charge is -2.55. The molecule has 1 aromatic rings. The van der Waals surface area contributed by atoms with E-state index in [9.17, 15) is 5.11 Å². The van der Waals surface area contributed by atoms with Gasteiger partial charge in [0.1, 0.15) is 0 Å². The van der Waals surface area contributed by atoms with Crippen molar-refractivity contribution in [1.82, 2.24) is 0 Å². The van der Waals surface area contributed by atoms with Gasteiger partial charge in [-0.3, -0.25) is 0 Å². The minimum atomic E-state index is -0.381. The lowest BCUT2D eigenvalue weighted by Crippen LogP contribution is -2.52. The first-order valence-electron chi connectivity index (χ1n) is 13.5. The molecule has 1 aromatic carbocycles. The van der Waals surface area contributed by atoms with E-state index in [0.29, 0.717) is 23.7 Å². The van der Waals surface area contributed by atoms with Crippen LogP contribution in [0.3, 0.4) is 0 Å². The molecule has 5 aliphatic rings. The molecule has 1 aliphatic heterocycles. The molecule has 1 N–H and O–H groups in total. The summed E-state index contributed by atoms with van der Waals surface area (Å²) in [7, 11) is 0. The Morgan fingerprint density at radius 1 is 0.971 bits per heavy atom. The lowest BCUT2D eigenvalue weighted by atomic mass is 9.52. The first-order valence-corrected chi connectivity index (χ1v) is 13.5. The van der Waals surface area contributed by atoms with Gasteiger partial charge in [-0.05, 0) is 79.4 Å². The van der Waals surface area contributed by atoms with Gasteiger partial charge in [0.2, 0.25) is 0 Å². The van der Waals surface area contributed by atoms with Crippen molar-refractivity contribution in [3.05, 3.63) is 46.5 Å². The molecule has 0 bridgehead atoms. The zero-order chi connectivity index (χ0) is 23.7. The molecule has 0 radical (unpaired) electrons. The molecule has 6 atom stereocenters. The van der Waals surface area contributed by atoms with Gasteiger partial charge in [0.05, 0.1) is 19.3 Å². The van der Waals surface area contributed by atoms with Gasteiger partial charge < -0.3 is 14.6 Å². The summed E-state index contributed by atoms with van der Waals surface area (Å²) in [6, 6.07) is 8.69.